The van der Waals surface area contributed by atoms with Crippen LogP contribution in [0.15, 0.2) is 53.5 Å². The lowest BCUT2D eigenvalue weighted by atomic mass is 9.98. The molecule has 0 bridgehead atoms. The zero-order valence-electron chi connectivity index (χ0n) is 11.1. The van der Waals surface area contributed by atoms with Crippen LogP contribution in [0, 0.1) is 0 Å². The largest absolute Gasteiger partial charge is 0.373 e. The van der Waals surface area contributed by atoms with Crippen LogP contribution in [0.25, 0.3) is 11.1 Å². The number of hydroxylamine groups is 1. The van der Waals surface area contributed by atoms with Crippen LogP contribution in [-0.2, 0) is 4.84 Å². The van der Waals surface area contributed by atoms with Crippen LogP contribution in [-0.4, -0.2) is 17.8 Å². The summed E-state index contributed by atoms with van der Waals surface area (Å²) in [6.45, 7) is 0.340. The Balaban J connectivity index is 1.82. The normalized spacial score (nSPS) is 12.2. The maximum atomic E-state index is 11.2. The molecule has 0 saturated carbocycles. The lowest BCUT2D eigenvalue weighted by Crippen LogP contribution is -2.23. The molecule has 0 atom stereocenters. The number of nitrogens with one attached hydrogen (secondary N) is 1. The Hall–Kier alpha value is -2.33. The molecule has 0 fully saturated rings. The number of isothiocyanates is 1. The molecular weight excluding hydrogens is 284 g/mol. The number of hydrogen-bond donors (Lipinski definition) is 1. The minimum atomic E-state index is -0.649. The van der Waals surface area contributed by atoms with Crippen LogP contribution >= 0.6 is 12.2 Å². The highest BCUT2D eigenvalue weighted by Crippen LogP contribution is 2.44. The second-order valence-corrected chi connectivity index (χ2v) is 4.83. The third kappa shape index (κ3) is 2.62. The highest BCUT2D eigenvalue weighted by atomic mass is 32.1. The number of urea groups is 1. The van der Waals surface area contributed by atoms with Crippen molar-refractivity contribution in [3.8, 4) is 11.1 Å². The van der Waals surface area contributed by atoms with E-state index in [9.17, 15) is 4.79 Å². The molecule has 1 aliphatic rings. The summed E-state index contributed by atoms with van der Waals surface area (Å²) < 4.78 is 0. The van der Waals surface area contributed by atoms with Gasteiger partial charge in [-0.1, -0.05) is 48.5 Å². The van der Waals surface area contributed by atoms with E-state index in [1.165, 1.54) is 22.3 Å². The number of nitrogens with zero attached hydrogens (tertiary/aromatic N) is 1. The average molecular weight is 296 g/mol. The Morgan fingerprint density at radius 3 is 2.29 bits per heavy atom. The summed E-state index contributed by atoms with van der Waals surface area (Å²) in [6.07, 6.45) is 0. The van der Waals surface area contributed by atoms with Crippen molar-refractivity contribution >= 4 is 23.4 Å². The van der Waals surface area contributed by atoms with E-state index in [4.69, 9.17) is 4.84 Å². The van der Waals surface area contributed by atoms with Crippen LogP contribution in [0.1, 0.15) is 17.0 Å². The molecule has 3 rings (SSSR count). The number of hydrogen-bond acceptors (Lipinski definition) is 3. The number of carbonyl (C=O) groups excluding carboxylic acids is 1. The predicted octanol–water partition coefficient (Wildman–Crippen LogP) is 3.54. The van der Waals surface area contributed by atoms with Crippen LogP contribution in [0.2, 0.25) is 0 Å². The topological polar surface area (TPSA) is 50.7 Å². The Bertz CT molecular complexity index is 693. The zero-order chi connectivity index (χ0) is 14.7. The summed E-state index contributed by atoms with van der Waals surface area (Å²) in [5.41, 5.74) is 7.06. The average Bonchev–Trinajstić information content (AvgIpc) is 2.83. The van der Waals surface area contributed by atoms with Crippen molar-refractivity contribution in [2.75, 3.05) is 6.61 Å². The van der Waals surface area contributed by atoms with Crippen molar-refractivity contribution in [3.05, 3.63) is 59.7 Å². The number of carbonyl (C=O) groups is 1. The number of aliphatic imine (C=N–C) groups is 1. The lowest BCUT2D eigenvalue weighted by Gasteiger charge is -2.13. The van der Waals surface area contributed by atoms with Crippen molar-refractivity contribution in [3.63, 3.8) is 0 Å². The van der Waals surface area contributed by atoms with Crippen molar-refractivity contribution in [2.45, 2.75) is 5.92 Å². The Kier molecular flexibility index (Phi) is 3.88. The molecule has 0 saturated heterocycles. The predicted molar refractivity (Wildman–Crippen MR) is 83.2 cm³/mol. The van der Waals surface area contributed by atoms with E-state index in [0.29, 0.717) is 6.61 Å². The summed E-state index contributed by atoms with van der Waals surface area (Å²) in [5.74, 6) is 0.0918. The van der Waals surface area contributed by atoms with Gasteiger partial charge in [0.25, 0.3) is 0 Å². The van der Waals surface area contributed by atoms with Gasteiger partial charge in [-0.2, -0.15) is 0 Å². The van der Waals surface area contributed by atoms with E-state index in [1.807, 2.05) is 29.4 Å². The first kappa shape index (κ1) is 13.6. The monoisotopic (exact) mass is 296 g/mol. The third-order valence-corrected chi connectivity index (χ3v) is 3.61. The van der Waals surface area contributed by atoms with Gasteiger partial charge in [0.1, 0.15) is 0 Å². The van der Waals surface area contributed by atoms with Crippen LogP contribution in [0.5, 0.6) is 0 Å². The highest BCUT2D eigenvalue weighted by Gasteiger charge is 2.28. The van der Waals surface area contributed by atoms with E-state index >= 15 is 0 Å². The van der Waals surface area contributed by atoms with Gasteiger partial charge >= 0.3 is 6.03 Å². The first-order valence-electron chi connectivity index (χ1n) is 6.49. The molecule has 2 aromatic carbocycles. The van der Waals surface area contributed by atoms with E-state index in [-0.39, 0.29) is 5.92 Å². The van der Waals surface area contributed by atoms with Crippen LogP contribution in [0.4, 0.5) is 4.79 Å². The Morgan fingerprint density at radius 1 is 1.14 bits per heavy atom. The molecule has 0 unspecified atom stereocenters. The van der Waals surface area contributed by atoms with Gasteiger partial charge in [-0.3, -0.25) is 4.84 Å². The van der Waals surface area contributed by atoms with E-state index < -0.39 is 6.03 Å². The van der Waals surface area contributed by atoms with Gasteiger partial charge in [0.05, 0.1) is 11.8 Å². The molecule has 2 amide bonds. The quantitative estimate of drug-likeness (QED) is 0.535. The van der Waals surface area contributed by atoms with Crippen molar-refractivity contribution < 1.29 is 9.63 Å². The van der Waals surface area contributed by atoms with E-state index in [2.05, 4.69) is 47.0 Å². The van der Waals surface area contributed by atoms with Gasteiger partial charge in [-0.25, -0.2) is 10.3 Å². The fraction of sp³-hybridized carbons (Fsp3) is 0.125. The third-order valence-electron chi connectivity index (χ3n) is 3.52. The standard InChI is InChI=1S/C16H12N2O2S/c19-16(17-10-21)18-20-9-15-13-7-3-1-5-11(13)12-6-2-4-8-14(12)15/h1-8,15H,9H2,(H,18,19). The molecular formula is C16H12N2O2S. The van der Waals surface area contributed by atoms with Crippen molar-refractivity contribution in [1.29, 1.82) is 0 Å². The van der Waals surface area contributed by atoms with Crippen LogP contribution < -0.4 is 5.48 Å². The smallest absolute Gasteiger partial charge is 0.271 e. The lowest BCUT2D eigenvalue weighted by molar-refractivity contribution is 0.0603. The summed E-state index contributed by atoms with van der Waals surface area (Å²) in [4.78, 5) is 19.7. The molecule has 1 N–H and O–H groups in total. The molecule has 0 aromatic heterocycles. The molecule has 5 heteroatoms. The van der Waals surface area contributed by atoms with E-state index in [0.717, 1.165) is 0 Å². The van der Waals surface area contributed by atoms with Gasteiger partial charge in [0.15, 0.2) is 0 Å². The Labute approximate surface area is 127 Å². The summed E-state index contributed by atoms with van der Waals surface area (Å²) >= 11 is 4.36. The second kappa shape index (κ2) is 5.97. The highest BCUT2D eigenvalue weighted by molar-refractivity contribution is 7.78. The number of amides is 2. The Morgan fingerprint density at radius 2 is 1.71 bits per heavy atom. The zero-order valence-corrected chi connectivity index (χ0v) is 11.9. The van der Waals surface area contributed by atoms with Crippen molar-refractivity contribution in [2.24, 2.45) is 4.99 Å². The van der Waals surface area contributed by atoms with Gasteiger partial charge in [0.2, 0.25) is 0 Å². The minimum absolute atomic E-state index is 0.0918. The fourth-order valence-corrected chi connectivity index (χ4v) is 2.77. The van der Waals surface area contributed by atoms with Gasteiger partial charge in [-0.15, -0.1) is 4.99 Å². The number of rotatable bonds is 3. The number of benzene rings is 2. The number of thiocarbonyl (C=S) groups is 1. The molecule has 0 radical (unpaired) electrons. The first-order valence-corrected chi connectivity index (χ1v) is 6.90. The minimum Gasteiger partial charge on any atom is -0.271 e. The van der Waals surface area contributed by atoms with Gasteiger partial charge in [-0.05, 0) is 34.5 Å². The van der Waals surface area contributed by atoms with Gasteiger partial charge < -0.3 is 0 Å². The maximum absolute atomic E-state index is 11.2. The van der Waals surface area contributed by atoms with Gasteiger partial charge in [0, 0.05) is 5.92 Å². The summed E-state index contributed by atoms with van der Waals surface area (Å²) in [7, 11) is 0. The molecule has 4 nitrogen and oxygen atoms in total. The molecule has 0 heterocycles. The number of fused-ring (bicyclic) bond motifs is 3. The summed E-state index contributed by atoms with van der Waals surface area (Å²) in [6, 6.07) is 15.8. The fourth-order valence-electron chi connectivity index (χ4n) is 2.69. The molecule has 0 aliphatic heterocycles. The van der Waals surface area contributed by atoms with Crippen LogP contribution in [0.3, 0.4) is 0 Å². The molecule has 104 valence electrons. The molecule has 2 aromatic rings. The molecule has 1 aliphatic carbocycles. The molecule has 21 heavy (non-hydrogen) atoms. The first-order chi connectivity index (χ1) is 10.3. The maximum Gasteiger partial charge on any atom is 0.373 e. The summed E-state index contributed by atoms with van der Waals surface area (Å²) in [5, 5.41) is 1.99. The molecule has 0 spiro atoms. The van der Waals surface area contributed by atoms with Crippen molar-refractivity contribution in [1.82, 2.24) is 5.48 Å². The van der Waals surface area contributed by atoms with E-state index in [1.54, 1.807) is 0 Å². The SMILES string of the molecule is O=C(N=C=S)NOCC1c2ccccc2-c2ccccc21. The second-order valence-electron chi connectivity index (χ2n) is 4.65.